The first-order chi connectivity index (χ1) is 11.8. The number of fused-ring (bicyclic) bond motifs is 1. The predicted molar refractivity (Wildman–Crippen MR) is 93.6 cm³/mol. The lowest BCUT2D eigenvalue weighted by atomic mass is 10.0. The van der Waals surface area contributed by atoms with Gasteiger partial charge in [-0.2, -0.15) is 5.10 Å². The van der Waals surface area contributed by atoms with E-state index in [1.165, 1.54) is 24.0 Å². The van der Waals surface area contributed by atoms with Gasteiger partial charge in [0, 0.05) is 6.08 Å². The molecule has 0 unspecified atom stereocenters. The molecule has 1 N–H and O–H groups in total. The van der Waals surface area contributed by atoms with Crippen LogP contribution in [0.1, 0.15) is 40.1 Å². The molecule has 1 aromatic heterocycles. The van der Waals surface area contributed by atoms with Crippen molar-refractivity contribution >= 4 is 23.3 Å². The number of thioether (sulfide) groups is 1. The van der Waals surface area contributed by atoms with Crippen LogP contribution < -0.4 is 4.74 Å². The Bertz CT molecular complexity index is 753. The first-order valence-corrected chi connectivity index (χ1v) is 8.89. The highest BCUT2D eigenvalue weighted by Crippen LogP contribution is 2.27. The lowest BCUT2D eigenvalue weighted by Crippen LogP contribution is -2.14. The zero-order chi connectivity index (χ0) is 16.8. The molecule has 1 aliphatic rings. The number of hydrogen-bond donors (Lipinski definition) is 1. The summed E-state index contributed by atoms with van der Waals surface area (Å²) in [5.41, 5.74) is 0.670. The molecule has 0 aliphatic heterocycles. The minimum Gasteiger partial charge on any atom is -0.494 e. The van der Waals surface area contributed by atoms with Crippen LogP contribution in [0.2, 0.25) is 0 Å². The van der Waals surface area contributed by atoms with Crippen LogP contribution in [0.25, 0.3) is 0 Å². The van der Waals surface area contributed by atoms with Crippen molar-refractivity contribution in [2.75, 3.05) is 12.4 Å². The Balaban J connectivity index is 1.35. The number of ether oxygens (including phenoxy) is 1. The van der Waals surface area contributed by atoms with E-state index in [4.69, 9.17) is 4.74 Å². The number of carbonyl (C=O) groups is 2. The third kappa shape index (κ3) is 3.94. The number of H-pyrrole nitrogens is 1. The number of aromatic amines is 1. The molecule has 2 aromatic rings. The van der Waals surface area contributed by atoms with Crippen LogP contribution in [0.4, 0.5) is 0 Å². The summed E-state index contributed by atoms with van der Waals surface area (Å²) in [6, 6.07) is 9.75. The van der Waals surface area contributed by atoms with E-state index in [-0.39, 0.29) is 11.6 Å². The Labute approximate surface area is 144 Å². The summed E-state index contributed by atoms with van der Waals surface area (Å²) in [7, 11) is 0. The summed E-state index contributed by atoms with van der Waals surface area (Å²) in [6.07, 6.45) is 5.79. The summed E-state index contributed by atoms with van der Waals surface area (Å²) < 4.78 is 5.64. The molecule has 0 spiro atoms. The minimum absolute atomic E-state index is 0.115. The molecular formula is C18H18N2O3S. The van der Waals surface area contributed by atoms with E-state index >= 15 is 0 Å². The molecule has 5 nitrogen and oxygen atoms in total. The number of nitrogens with one attached hydrogen (secondary N) is 1. The third-order valence-electron chi connectivity index (χ3n) is 3.67. The highest BCUT2D eigenvalue weighted by atomic mass is 32.2. The Morgan fingerprint density at radius 1 is 1.08 bits per heavy atom. The smallest absolute Gasteiger partial charge is 0.205 e. The zero-order valence-corrected chi connectivity index (χ0v) is 14.0. The molecule has 1 aliphatic carbocycles. The highest BCUT2D eigenvalue weighted by Gasteiger charge is 2.27. The Morgan fingerprint density at radius 2 is 1.92 bits per heavy atom. The molecule has 124 valence electrons. The molecule has 0 bridgehead atoms. The third-order valence-corrected chi connectivity index (χ3v) is 4.78. The second kappa shape index (κ2) is 7.97. The molecular weight excluding hydrogens is 324 g/mol. The summed E-state index contributed by atoms with van der Waals surface area (Å²) in [6.45, 7) is 0.688. The average molecular weight is 342 g/mol. The van der Waals surface area contributed by atoms with Gasteiger partial charge in [0.2, 0.25) is 11.6 Å². The SMILES string of the molecule is O=C1C(SCCCCCOc2ccccc2)=CC(=O)c2[nH]ncc21. The van der Waals surface area contributed by atoms with Crippen LogP contribution in [-0.2, 0) is 0 Å². The molecule has 0 saturated heterocycles. The first-order valence-electron chi connectivity index (χ1n) is 7.90. The maximum atomic E-state index is 12.2. The van der Waals surface area contributed by atoms with Gasteiger partial charge in [0.15, 0.2) is 0 Å². The van der Waals surface area contributed by atoms with E-state index in [1.807, 2.05) is 30.3 Å². The molecule has 0 fully saturated rings. The van der Waals surface area contributed by atoms with Gasteiger partial charge in [0.1, 0.15) is 11.4 Å². The van der Waals surface area contributed by atoms with Crippen molar-refractivity contribution in [2.24, 2.45) is 0 Å². The molecule has 1 heterocycles. The number of allylic oxidation sites excluding steroid dienone is 2. The van der Waals surface area contributed by atoms with Gasteiger partial charge in [-0.1, -0.05) is 18.2 Å². The molecule has 0 saturated carbocycles. The molecule has 24 heavy (non-hydrogen) atoms. The van der Waals surface area contributed by atoms with E-state index in [9.17, 15) is 9.59 Å². The number of carbonyl (C=O) groups excluding carboxylic acids is 2. The van der Waals surface area contributed by atoms with Crippen LogP contribution >= 0.6 is 11.8 Å². The van der Waals surface area contributed by atoms with E-state index in [2.05, 4.69) is 10.2 Å². The molecule has 0 radical (unpaired) electrons. The van der Waals surface area contributed by atoms with Gasteiger partial charge in [-0.15, -0.1) is 11.8 Å². The maximum absolute atomic E-state index is 12.2. The van der Waals surface area contributed by atoms with Gasteiger partial charge in [0.25, 0.3) is 0 Å². The summed E-state index contributed by atoms with van der Waals surface area (Å²) in [4.78, 5) is 24.6. The summed E-state index contributed by atoms with van der Waals surface area (Å²) >= 11 is 1.44. The summed E-state index contributed by atoms with van der Waals surface area (Å²) in [5.74, 6) is 1.40. The van der Waals surface area contributed by atoms with Crippen LogP contribution in [0.5, 0.6) is 5.75 Å². The number of benzene rings is 1. The molecule has 1 aromatic carbocycles. The zero-order valence-electron chi connectivity index (χ0n) is 13.2. The van der Waals surface area contributed by atoms with Crippen LogP contribution in [-0.4, -0.2) is 34.1 Å². The van der Waals surface area contributed by atoms with Gasteiger partial charge < -0.3 is 4.74 Å². The van der Waals surface area contributed by atoms with Crippen LogP contribution in [0.15, 0.2) is 47.5 Å². The maximum Gasteiger partial charge on any atom is 0.205 e. The van der Waals surface area contributed by atoms with E-state index in [1.54, 1.807) is 0 Å². The van der Waals surface area contributed by atoms with E-state index in [0.29, 0.717) is 22.8 Å². The Hall–Kier alpha value is -2.34. The van der Waals surface area contributed by atoms with Gasteiger partial charge >= 0.3 is 0 Å². The minimum atomic E-state index is -0.180. The van der Waals surface area contributed by atoms with Crippen molar-refractivity contribution in [3.8, 4) is 5.75 Å². The standard InChI is InChI=1S/C18H18N2O3S/c21-15-11-16(18(22)14-12-19-20-17(14)15)24-10-6-2-5-9-23-13-7-3-1-4-8-13/h1,3-4,7-8,11-12H,2,5-6,9-10H2,(H,19,20). The Kier molecular flexibility index (Phi) is 5.48. The normalized spacial score (nSPS) is 13.6. The number of nitrogens with zero attached hydrogens (tertiary/aromatic N) is 1. The fraction of sp³-hybridized carbons (Fsp3) is 0.278. The lowest BCUT2D eigenvalue weighted by Gasteiger charge is -2.10. The molecule has 0 amide bonds. The van der Waals surface area contributed by atoms with Crippen molar-refractivity contribution in [1.29, 1.82) is 0 Å². The largest absolute Gasteiger partial charge is 0.494 e. The predicted octanol–water partition coefficient (Wildman–Crippen LogP) is 3.66. The molecule has 6 heteroatoms. The van der Waals surface area contributed by atoms with Crippen molar-refractivity contribution in [1.82, 2.24) is 10.2 Å². The highest BCUT2D eigenvalue weighted by molar-refractivity contribution is 8.04. The Morgan fingerprint density at radius 3 is 2.75 bits per heavy atom. The molecule has 0 atom stereocenters. The van der Waals surface area contributed by atoms with Gasteiger partial charge in [-0.25, -0.2) is 0 Å². The monoisotopic (exact) mass is 342 g/mol. The van der Waals surface area contributed by atoms with Crippen molar-refractivity contribution in [3.63, 3.8) is 0 Å². The van der Waals surface area contributed by atoms with Crippen LogP contribution in [0, 0.1) is 0 Å². The fourth-order valence-corrected chi connectivity index (χ4v) is 3.41. The van der Waals surface area contributed by atoms with Gasteiger partial charge in [0.05, 0.1) is 23.3 Å². The number of aromatic nitrogens is 2. The topological polar surface area (TPSA) is 72.1 Å². The number of hydrogen-bond acceptors (Lipinski definition) is 5. The van der Waals surface area contributed by atoms with Crippen molar-refractivity contribution < 1.29 is 14.3 Å². The average Bonchev–Trinajstić information content (AvgIpc) is 3.10. The van der Waals surface area contributed by atoms with Crippen LogP contribution in [0.3, 0.4) is 0 Å². The van der Waals surface area contributed by atoms with Crippen molar-refractivity contribution in [3.05, 3.63) is 58.8 Å². The van der Waals surface area contributed by atoms with Crippen molar-refractivity contribution in [2.45, 2.75) is 19.3 Å². The summed E-state index contributed by atoms with van der Waals surface area (Å²) in [5, 5.41) is 6.35. The number of ketones is 2. The second-order valence-corrected chi connectivity index (χ2v) is 6.57. The number of para-hydroxylation sites is 1. The van der Waals surface area contributed by atoms with Gasteiger partial charge in [-0.05, 0) is 37.1 Å². The van der Waals surface area contributed by atoms with E-state index < -0.39 is 0 Å². The van der Waals surface area contributed by atoms with E-state index in [0.717, 1.165) is 30.8 Å². The van der Waals surface area contributed by atoms with Gasteiger partial charge in [-0.3, -0.25) is 14.7 Å². The molecule has 3 rings (SSSR count). The number of rotatable bonds is 8. The number of unbranched alkanes of at least 4 members (excludes halogenated alkanes) is 2. The number of Topliss-reactive ketones (excluding diaryl/α,β-unsaturated/α-hetero) is 1. The second-order valence-electron chi connectivity index (χ2n) is 5.43. The first kappa shape index (κ1) is 16.5. The lowest BCUT2D eigenvalue weighted by molar-refractivity contribution is 0.0989. The fourth-order valence-electron chi connectivity index (χ4n) is 2.41. The quantitative estimate of drug-likeness (QED) is 0.741.